The molecule has 1 aliphatic heterocycles. The molecule has 1 fully saturated rings. The van der Waals surface area contributed by atoms with Crippen molar-refractivity contribution in [2.75, 3.05) is 38.2 Å². The Hall–Kier alpha value is -2.86. The highest BCUT2D eigenvalue weighted by Crippen LogP contribution is 2.16. The summed E-state index contributed by atoms with van der Waals surface area (Å²) in [5, 5.41) is 2.99. The lowest BCUT2D eigenvalue weighted by atomic mass is 10.1. The third-order valence-electron chi connectivity index (χ3n) is 5.56. The molecule has 0 saturated carbocycles. The molecule has 2 aromatic carbocycles. The molecule has 1 aliphatic rings. The summed E-state index contributed by atoms with van der Waals surface area (Å²) in [5.41, 5.74) is 4.12. The number of carbonyl (C=O) groups excluding carboxylic acids is 2. The SMILES string of the molecule is COCc1cccc(CNC(=O)CN(CC(=O)N2CCCCC2)c2ccc(C)cc2)c1. The predicted octanol–water partition coefficient (Wildman–Crippen LogP) is 3.28. The van der Waals surface area contributed by atoms with Gasteiger partial charge in [0.15, 0.2) is 0 Å². The van der Waals surface area contributed by atoms with Crippen molar-refractivity contribution in [1.29, 1.82) is 0 Å². The van der Waals surface area contributed by atoms with Crippen molar-refractivity contribution in [2.24, 2.45) is 0 Å². The Morgan fingerprint density at radius 3 is 2.42 bits per heavy atom. The number of benzene rings is 2. The molecule has 0 spiro atoms. The smallest absolute Gasteiger partial charge is 0.242 e. The number of anilines is 1. The lowest BCUT2D eigenvalue weighted by Crippen LogP contribution is -2.45. The van der Waals surface area contributed by atoms with E-state index in [0.29, 0.717) is 13.2 Å². The van der Waals surface area contributed by atoms with Crippen LogP contribution < -0.4 is 10.2 Å². The van der Waals surface area contributed by atoms with E-state index in [4.69, 9.17) is 4.74 Å². The fraction of sp³-hybridized carbons (Fsp3) is 0.440. The highest BCUT2D eigenvalue weighted by atomic mass is 16.5. The summed E-state index contributed by atoms with van der Waals surface area (Å²) in [5.74, 6) is -0.0236. The van der Waals surface area contributed by atoms with Crippen LogP contribution in [0.15, 0.2) is 48.5 Å². The Labute approximate surface area is 185 Å². The van der Waals surface area contributed by atoms with Crippen LogP contribution in [-0.2, 0) is 27.5 Å². The highest BCUT2D eigenvalue weighted by molar-refractivity contribution is 5.86. The van der Waals surface area contributed by atoms with E-state index in [1.807, 2.05) is 65.3 Å². The zero-order valence-corrected chi connectivity index (χ0v) is 18.6. The molecule has 0 atom stereocenters. The molecule has 0 bridgehead atoms. The van der Waals surface area contributed by atoms with Gasteiger partial charge < -0.3 is 19.9 Å². The first kappa shape index (κ1) is 22.8. The number of nitrogens with zero attached hydrogens (tertiary/aromatic N) is 2. The molecule has 0 aromatic heterocycles. The number of rotatable bonds is 9. The first-order valence-electron chi connectivity index (χ1n) is 11.0. The van der Waals surface area contributed by atoms with Crippen LogP contribution in [0.4, 0.5) is 5.69 Å². The third kappa shape index (κ3) is 7.10. The summed E-state index contributed by atoms with van der Waals surface area (Å²) < 4.78 is 5.18. The standard InChI is InChI=1S/C25H33N3O3/c1-20-9-11-23(12-10-20)28(18-25(30)27-13-4-3-5-14-27)17-24(29)26-16-21-7-6-8-22(15-21)19-31-2/h6-12,15H,3-5,13-14,16-19H2,1-2H3,(H,26,29). The van der Waals surface area contributed by atoms with E-state index in [2.05, 4.69) is 5.32 Å². The van der Waals surface area contributed by atoms with E-state index >= 15 is 0 Å². The van der Waals surface area contributed by atoms with Gasteiger partial charge in [-0.2, -0.15) is 0 Å². The highest BCUT2D eigenvalue weighted by Gasteiger charge is 2.21. The monoisotopic (exact) mass is 423 g/mol. The van der Waals surface area contributed by atoms with Crippen LogP contribution >= 0.6 is 0 Å². The van der Waals surface area contributed by atoms with Crippen LogP contribution in [-0.4, -0.2) is 50.0 Å². The number of ether oxygens (including phenoxy) is 1. The minimum atomic E-state index is -0.107. The summed E-state index contributed by atoms with van der Waals surface area (Å²) in [7, 11) is 1.67. The van der Waals surface area contributed by atoms with E-state index in [0.717, 1.165) is 48.3 Å². The maximum absolute atomic E-state index is 12.8. The van der Waals surface area contributed by atoms with Crippen molar-refractivity contribution >= 4 is 17.5 Å². The van der Waals surface area contributed by atoms with Gasteiger partial charge in [0.2, 0.25) is 11.8 Å². The Balaban J connectivity index is 1.62. The van der Waals surface area contributed by atoms with Crippen LogP contribution in [0.25, 0.3) is 0 Å². The second-order valence-corrected chi connectivity index (χ2v) is 8.16. The van der Waals surface area contributed by atoms with Gasteiger partial charge in [-0.25, -0.2) is 0 Å². The van der Waals surface area contributed by atoms with Crippen molar-refractivity contribution in [3.63, 3.8) is 0 Å². The van der Waals surface area contributed by atoms with Gasteiger partial charge in [-0.1, -0.05) is 42.0 Å². The van der Waals surface area contributed by atoms with Gasteiger partial charge in [-0.15, -0.1) is 0 Å². The molecular formula is C25H33N3O3. The Morgan fingerprint density at radius 1 is 1.00 bits per heavy atom. The minimum Gasteiger partial charge on any atom is -0.380 e. The van der Waals surface area contributed by atoms with Crippen LogP contribution in [0.2, 0.25) is 0 Å². The molecule has 1 saturated heterocycles. The molecule has 0 unspecified atom stereocenters. The van der Waals surface area contributed by atoms with Gasteiger partial charge in [-0.05, 0) is 49.4 Å². The zero-order valence-electron chi connectivity index (χ0n) is 18.6. The molecule has 3 rings (SSSR count). The van der Waals surface area contributed by atoms with Crippen LogP contribution in [0.5, 0.6) is 0 Å². The van der Waals surface area contributed by atoms with Gasteiger partial charge in [0.05, 0.1) is 19.7 Å². The molecule has 1 heterocycles. The Kier molecular flexibility index (Phi) is 8.47. The number of carbonyl (C=O) groups is 2. The number of hydrogen-bond acceptors (Lipinski definition) is 4. The second-order valence-electron chi connectivity index (χ2n) is 8.16. The normalized spacial score (nSPS) is 13.7. The summed E-state index contributed by atoms with van der Waals surface area (Å²) in [6.45, 7) is 4.98. The zero-order chi connectivity index (χ0) is 22.1. The van der Waals surface area contributed by atoms with Crippen molar-refractivity contribution in [3.05, 3.63) is 65.2 Å². The lowest BCUT2D eigenvalue weighted by molar-refractivity contribution is -0.130. The Bertz CT molecular complexity index is 861. The minimum absolute atomic E-state index is 0.0836. The number of hydrogen-bond donors (Lipinski definition) is 1. The lowest BCUT2D eigenvalue weighted by Gasteiger charge is -2.30. The molecule has 2 amide bonds. The molecule has 1 N–H and O–H groups in total. The number of aryl methyl sites for hydroxylation is 1. The first-order chi connectivity index (χ1) is 15.0. The predicted molar refractivity (Wildman–Crippen MR) is 123 cm³/mol. The maximum Gasteiger partial charge on any atom is 0.242 e. The number of nitrogens with one attached hydrogen (secondary N) is 1. The molecule has 6 nitrogen and oxygen atoms in total. The third-order valence-corrected chi connectivity index (χ3v) is 5.56. The van der Waals surface area contributed by atoms with Crippen LogP contribution in [0.3, 0.4) is 0 Å². The molecule has 166 valence electrons. The van der Waals surface area contributed by atoms with Gasteiger partial charge in [0.25, 0.3) is 0 Å². The topological polar surface area (TPSA) is 61.9 Å². The average molecular weight is 424 g/mol. The first-order valence-corrected chi connectivity index (χ1v) is 11.0. The van der Waals surface area contributed by atoms with Gasteiger partial charge in [0, 0.05) is 32.4 Å². The molecule has 31 heavy (non-hydrogen) atoms. The number of piperidine rings is 1. The Morgan fingerprint density at radius 2 is 1.71 bits per heavy atom. The molecule has 6 heteroatoms. The van der Waals surface area contributed by atoms with Gasteiger partial charge >= 0.3 is 0 Å². The van der Waals surface area contributed by atoms with Crippen LogP contribution in [0, 0.1) is 6.92 Å². The van der Waals surface area contributed by atoms with Crippen molar-refractivity contribution in [1.82, 2.24) is 10.2 Å². The summed E-state index contributed by atoms with van der Waals surface area (Å²) in [6, 6.07) is 15.9. The van der Waals surface area contributed by atoms with Crippen molar-refractivity contribution in [2.45, 2.75) is 39.3 Å². The van der Waals surface area contributed by atoms with Gasteiger partial charge in [0.1, 0.15) is 0 Å². The summed E-state index contributed by atoms with van der Waals surface area (Å²) >= 11 is 0. The van der Waals surface area contributed by atoms with Gasteiger partial charge in [-0.3, -0.25) is 9.59 Å². The quantitative estimate of drug-likeness (QED) is 0.672. The molecule has 0 aliphatic carbocycles. The van der Waals surface area contributed by atoms with E-state index in [9.17, 15) is 9.59 Å². The maximum atomic E-state index is 12.8. The molecular weight excluding hydrogens is 390 g/mol. The van der Waals surface area contributed by atoms with E-state index in [-0.39, 0.29) is 24.9 Å². The largest absolute Gasteiger partial charge is 0.380 e. The fourth-order valence-electron chi connectivity index (χ4n) is 3.83. The number of amides is 2. The fourth-order valence-corrected chi connectivity index (χ4v) is 3.83. The van der Waals surface area contributed by atoms with E-state index in [1.165, 1.54) is 6.42 Å². The summed E-state index contributed by atoms with van der Waals surface area (Å²) in [4.78, 5) is 29.4. The molecule has 0 radical (unpaired) electrons. The summed E-state index contributed by atoms with van der Waals surface area (Å²) in [6.07, 6.45) is 3.29. The second kappa shape index (κ2) is 11.5. The number of methoxy groups -OCH3 is 1. The van der Waals surface area contributed by atoms with E-state index < -0.39 is 0 Å². The number of likely N-dealkylation sites (tertiary alicyclic amines) is 1. The van der Waals surface area contributed by atoms with Crippen LogP contribution in [0.1, 0.15) is 36.0 Å². The van der Waals surface area contributed by atoms with Crippen molar-refractivity contribution < 1.29 is 14.3 Å². The van der Waals surface area contributed by atoms with Crippen molar-refractivity contribution in [3.8, 4) is 0 Å². The average Bonchev–Trinajstić information content (AvgIpc) is 2.79. The van der Waals surface area contributed by atoms with E-state index in [1.54, 1.807) is 7.11 Å². The molecule has 2 aromatic rings.